The summed E-state index contributed by atoms with van der Waals surface area (Å²) in [6, 6.07) is 19.5. The van der Waals surface area contributed by atoms with E-state index in [4.69, 9.17) is 14.2 Å². The number of aliphatic hydroxyl groups is 1. The van der Waals surface area contributed by atoms with Crippen LogP contribution in [0.1, 0.15) is 167 Å². The molecule has 3 aromatic carbocycles. The number of nitrogens with one attached hydrogen (secondary N) is 8. The Balaban J connectivity index is 0.000000244. The van der Waals surface area contributed by atoms with Crippen LogP contribution in [0.3, 0.4) is 0 Å². The van der Waals surface area contributed by atoms with Crippen LogP contribution in [0, 0.1) is 17.7 Å². The molecule has 11 amide bonds. The first-order valence-electron chi connectivity index (χ1n) is 35.8. The second kappa shape index (κ2) is 34.5. The Kier molecular flexibility index (Phi) is 26.0. The Hall–Kier alpha value is -9.40. The zero-order chi connectivity index (χ0) is 73.4. The summed E-state index contributed by atoms with van der Waals surface area (Å²) in [7, 11) is 0. The van der Waals surface area contributed by atoms with E-state index in [0.29, 0.717) is 56.3 Å². The molecule has 7 aliphatic rings. The first-order valence-corrected chi connectivity index (χ1v) is 35.8. The normalized spacial score (nSPS) is 26.5. The number of amides is 11. The van der Waals surface area contributed by atoms with Gasteiger partial charge in [0.1, 0.15) is 58.4 Å². The summed E-state index contributed by atoms with van der Waals surface area (Å²) < 4.78 is 31.2. The molecule has 552 valence electrons. The maximum absolute atomic E-state index is 14.5. The van der Waals surface area contributed by atoms with Crippen LogP contribution in [0.2, 0.25) is 0 Å². The van der Waals surface area contributed by atoms with Gasteiger partial charge in [-0.15, -0.1) is 0 Å². The molecule has 4 fully saturated rings. The topological polar surface area (TPSA) is 342 Å². The van der Waals surface area contributed by atoms with E-state index >= 15 is 0 Å². The maximum atomic E-state index is 14.5. The molecule has 5 heterocycles. The Labute approximate surface area is 595 Å². The van der Waals surface area contributed by atoms with Gasteiger partial charge in [-0.1, -0.05) is 123 Å². The third-order valence-corrected chi connectivity index (χ3v) is 19.1. The van der Waals surface area contributed by atoms with Crippen LogP contribution in [0.5, 0.6) is 0 Å². The van der Waals surface area contributed by atoms with E-state index < -0.39 is 118 Å². The monoisotopic (exact) mass is 1410 g/mol. The summed E-state index contributed by atoms with van der Waals surface area (Å²) in [5, 5.41) is 33.1. The van der Waals surface area contributed by atoms with Gasteiger partial charge in [-0.2, -0.15) is 0 Å². The van der Waals surface area contributed by atoms with Crippen molar-refractivity contribution in [1.82, 2.24) is 57.2 Å². The zero-order valence-corrected chi connectivity index (χ0v) is 59.3. The van der Waals surface area contributed by atoms with Crippen molar-refractivity contribution < 1.29 is 76.4 Å². The number of hydrogen-bond donors (Lipinski definition) is 9. The molecule has 0 bridgehead atoms. The van der Waals surface area contributed by atoms with Gasteiger partial charge >= 0.3 is 18.3 Å². The number of hydrogen-bond acceptors (Lipinski definition) is 15. The van der Waals surface area contributed by atoms with Crippen molar-refractivity contribution in [3.63, 3.8) is 0 Å². The van der Waals surface area contributed by atoms with Crippen LogP contribution < -0.4 is 42.5 Å². The van der Waals surface area contributed by atoms with Crippen LogP contribution in [0.4, 0.5) is 18.8 Å². The van der Waals surface area contributed by atoms with Crippen LogP contribution in [0.15, 0.2) is 103 Å². The summed E-state index contributed by atoms with van der Waals surface area (Å²) in [5.74, 6) is -4.46. The second-order valence-corrected chi connectivity index (χ2v) is 29.5. The Bertz CT molecular complexity index is 3580. The number of carbonyl (C=O) groups excluding carboxylic acids is 11. The van der Waals surface area contributed by atoms with Gasteiger partial charge in [0, 0.05) is 82.4 Å². The Morgan fingerprint density at radius 3 is 1.52 bits per heavy atom. The number of carbonyl (C=O) groups is 11. The number of fused-ring (bicyclic) bond motifs is 5. The van der Waals surface area contributed by atoms with Crippen LogP contribution in [-0.2, 0) is 78.7 Å². The smallest absolute Gasteiger partial charge is 0.410 e. The third kappa shape index (κ3) is 21.3. The molecule has 2 saturated carbocycles. The zero-order valence-electron chi connectivity index (χ0n) is 59.3. The van der Waals surface area contributed by atoms with Crippen LogP contribution in [-0.4, -0.2) is 170 Å². The largest absolute Gasteiger partial charge is 0.444 e. The van der Waals surface area contributed by atoms with E-state index in [2.05, 4.69) is 42.5 Å². The number of benzene rings is 3. The highest BCUT2D eigenvalue weighted by Gasteiger charge is 2.62. The average Bonchev–Trinajstić information content (AvgIpc) is 1.59. The van der Waals surface area contributed by atoms with E-state index in [9.17, 15) is 62.2 Å². The van der Waals surface area contributed by atoms with E-state index in [-0.39, 0.29) is 95.0 Å². The highest BCUT2D eigenvalue weighted by Crippen LogP contribution is 2.47. The van der Waals surface area contributed by atoms with Gasteiger partial charge in [0.2, 0.25) is 47.3 Å². The van der Waals surface area contributed by atoms with Gasteiger partial charge in [-0.25, -0.2) is 18.8 Å². The van der Waals surface area contributed by atoms with Gasteiger partial charge in [0.25, 0.3) is 0 Å². The summed E-state index contributed by atoms with van der Waals surface area (Å²) in [4.78, 5) is 151. The van der Waals surface area contributed by atoms with Crippen LogP contribution in [0.25, 0.3) is 0 Å². The third-order valence-electron chi connectivity index (χ3n) is 19.1. The molecule has 2 aliphatic carbocycles. The molecule has 0 unspecified atom stereocenters. The molecule has 2 saturated heterocycles. The van der Waals surface area contributed by atoms with Crippen molar-refractivity contribution in [2.24, 2.45) is 11.8 Å². The van der Waals surface area contributed by atoms with E-state index in [0.717, 1.165) is 49.7 Å². The van der Waals surface area contributed by atoms with Crippen molar-refractivity contribution in [2.75, 3.05) is 26.2 Å². The number of aliphatic hydroxyl groups excluding tert-OH is 1. The van der Waals surface area contributed by atoms with E-state index in [1.165, 1.54) is 20.8 Å². The van der Waals surface area contributed by atoms with Crippen LogP contribution >= 0.6 is 0 Å². The van der Waals surface area contributed by atoms with E-state index in [1.54, 1.807) is 53.7 Å². The minimum absolute atomic E-state index is 0.0104. The number of nitrogens with zero attached hydrogens (tertiary/aromatic N) is 3. The molecule has 9 N–H and O–H groups in total. The average molecular weight is 1410 g/mol. The molecular formula is C75H100FN11O15. The quantitative estimate of drug-likeness (QED) is 0.0586. The predicted molar refractivity (Wildman–Crippen MR) is 373 cm³/mol. The molecule has 26 nitrogen and oxygen atoms in total. The minimum Gasteiger partial charge on any atom is -0.444 e. The number of allylic oxidation sites excluding steroid dienone is 2. The number of rotatable bonds is 15. The fraction of sp³-hybridized carbons (Fsp3) is 0.560. The summed E-state index contributed by atoms with van der Waals surface area (Å²) in [5.41, 5.74) is -1.13. The van der Waals surface area contributed by atoms with Gasteiger partial charge < -0.3 is 71.7 Å². The summed E-state index contributed by atoms with van der Waals surface area (Å²) >= 11 is 0. The summed E-state index contributed by atoms with van der Waals surface area (Å²) in [6.45, 7) is 11.2. The fourth-order valence-corrected chi connectivity index (χ4v) is 13.6. The van der Waals surface area contributed by atoms with Gasteiger partial charge in [-0.05, 0) is 116 Å². The highest BCUT2D eigenvalue weighted by molar-refractivity contribution is 6.00. The number of ether oxygens (including phenoxy) is 3. The molecule has 10 atom stereocenters. The highest BCUT2D eigenvalue weighted by atomic mass is 19.1. The Morgan fingerprint density at radius 1 is 0.578 bits per heavy atom. The van der Waals surface area contributed by atoms with E-state index in [1.807, 2.05) is 85.0 Å². The number of alkyl carbamates (subject to hydrolysis) is 2. The molecule has 0 aromatic heterocycles. The lowest BCUT2D eigenvalue weighted by Crippen LogP contribution is -2.58. The van der Waals surface area contributed by atoms with Gasteiger partial charge in [0.05, 0.1) is 19.2 Å². The lowest BCUT2D eigenvalue weighted by atomic mass is 10.0. The standard InChI is InChI=1S/C42H53FN6O8.C33H47N5O7/c1-41(2,3)57-39(54)46-33-18-11-6-4-5-10-16-29-22-42(29,38(53)44-20-19-35(50)45-23-27-13-8-7-9-14-27)47-36(51)34-21-30(25-49(34)37(33)52)56-40(55)48-24-28-15-12-17-32(43)31(28)26-48;1-32(2,3)45-31(44)36-25-15-11-6-4-5-10-14-23-19-33(23,37-28(41)26-18-24(39)21-38(26)29(25)42)30(43)34-17-16-27(40)35-20-22-12-8-7-9-13-22/h7-10,12-17,29-30,33-34H,4-6,11,18-26H2,1-3H3,(H,44,53)(H,45,50)(H,46,54)(H,47,51);7-10,12-14,23-26,39H,4-6,11,15-21H2,1-3H3,(H,34,43)(H,35,40)(H,36,44)(H,37,41)/b16-10-;14-10-/t29-,30-,33+,34+,42-;23-,24-,25+,26+,33-/m11/s1. The molecule has 5 aliphatic heterocycles. The van der Waals surface area contributed by atoms with Crippen molar-refractivity contribution in [3.8, 4) is 0 Å². The summed E-state index contributed by atoms with van der Waals surface area (Å²) in [6.07, 6.45) is 11.2. The maximum Gasteiger partial charge on any atom is 0.410 e. The predicted octanol–water partition coefficient (Wildman–Crippen LogP) is 6.42. The SMILES string of the molecule is CC(C)(C)OC(=O)N[C@H]1CCCCC/C=C\[C@@H]2C[C@@]2(C(=O)NCCC(=O)NCc2ccccc2)NC(=O)[C@@H]2C[C@@H](O)CN2C1=O.CC(C)(C)OC(=O)N[C@H]1CCCCC/C=C\[C@@H]2C[C@@]2(C(=O)NCCC(=O)NCc2ccccc2)NC(=O)[C@@H]2C[C@@H](OC(=O)N3Cc4cccc(F)c4C3)CN2C1=O. The molecule has 0 radical (unpaired) electrons. The molecule has 3 aromatic rings. The second-order valence-electron chi connectivity index (χ2n) is 29.5. The Morgan fingerprint density at radius 2 is 1.05 bits per heavy atom. The fourth-order valence-electron chi connectivity index (χ4n) is 13.6. The molecule has 102 heavy (non-hydrogen) atoms. The van der Waals surface area contributed by atoms with Crippen molar-refractivity contribution >= 4 is 65.5 Å². The van der Waals surface area contributed by atoms with Gasteiger partial charge in [-0.3, -0.25) is 43.3 Å². The molecule has 0 spiro atoms. The molecule has 10 rings (SSSR count). The van der Waals surface area contributed by atoms with Gasteiger partial charge in [0.15, 0.2) is 0 Å². The molecular weight excluding hydrogens is 1310 g/mol. The molecule has 27 heteroatoms. The van der Waals surface area contributed by atoms with Crippen molar-refractivity contribution in [2.45, 2.75) is 229 Å². The number of halogens is 1. The first kappa shape index (κ1) is 76.8. The first-order chi connectivity index (χ1) is 48.6. The lowest BCUT2D eigenvalue weighted by molar-refractivity contribution is -0.141. The lowest BCUT2D eigenvalue weighted by Gasteiger charge is -2.30. The van der Waals surface area contributed by atoms with Crippen molar-refractivity contribution in [1.29, 1.82) is 0 Å². The minimum atomic E-state index is -1.32. The van der Waals surface area contributed by atoms with Crippen molar-refractivity contribution in [3.05, 3.63) is 131 Å².